The number of thiazole rings is 1. The van der Waals surface area contributed by atoms with Gasteiger partial charge in [-0.2, -0.15) is 0 Å². The average Bonchev–Trinajstić information content (AvgIpc) is 2.90. The molecule has 0 bridgehead atoms. The standard InChI is InChI=1S/C13H15ClN2OS/c1-9(13-15-6-7-18-13)16-8-12(17)10-4-2-3-5-11(10)14/h2-7,9,12,16-17H,8H2,1H3. The molecule has 1 aromatic heterocycles. The molecule has 2 aromatic rings. The summed E-state index contributed by atoms with van der Waals surface area (Å²) in [6, 6.07) is 7.47. The Hall–Kier alpha value is -0.940. The predicted octanol–water partition coefficient (Wildman–Crippen LogP) is 3.18. The van der Waals surface area contributed by atoms with Crippen molar-refractivity contribution in [2.75, 3.05) is 6.54 Å². The van der Waals surface area contributed by atoms with Gasteiger partial charge in [0.1, 0.15) is 5.01 Å². The second kappa shape index (κ2) is 6.29. The average molecular weight is 283 g/mol. The minimum absolute atomic E-state index is 0.127. The van der Waals surface area contributed by atoms with Gasteiger partial charge in [-0.3, -0.25) is 0 Å². The Kier molecular flexibility index (Phi) is 4.72. The van der Waals surface area contributed by atoms with Gasteiger partial charge in [-0.15, -0.1) is 11.3 Å². The lowest BCUT2D eigenvalue weighted by atomic mass is 10.1. The maximum atomic E-state index is 10.1. The van der Waals surface area contributed by atoms with Crippen molar-refractivity contribution >= 4 is 22.9 Å². The summed E-state index contributed by atoms with van der Waals surface area (Å²) in [5.74, 6) is 0. The molecule has 5 heteroatoms. The van der Waals surface area contributed by atoms with E-state index in [-0.39, 0.29) is 6.04 Å². The number of benzene rings is 1. The van der Waals surface area contributed by atoms with Crippen LogP contribution in [0.15, 0.2) is 35.8 Å². The van der Waals surface area contributed by atoms with Gasteiger partial charge in [0.2, 0.25) is 0 Å². The summed E-state index contributed by atoms with van der Waals surface area (Å²) in [6.45, 7) is 2.47. The van der Waals surface area contributed by atoms with E-state index in [4.69, 9.17) is 11.6 Å². The summed E-state index contributed by atoms with van der Waals surface area (Å²) >= 11 is 7.64. The van der Waals surface area contributed by atoms with E-state index in [0.29, 0.717) is 11.6 Å². The molecule has 0 saturated carbocycles. The molecule has 2 unspecified atom stereocenters. The zero-order chi connectivity index (χ0) is 13.0. The highest BCUT2D eigenvalue weighted by Gasteiger charge is 2.13. The lowest BCUT2D eigenvalue weighted by Gasteiger charge is -2.16. The second-order valence-electron chi connectivity index (χ2n) is 4.04. The van der Waals surface area contributed by atoms with Gasteiger partial charge in [0.25, 0.3) is 0 Å². The molecule has 1 aromatic carbocycles. The van der Waals surface area contributed by atoms with E-state index >= 15 is 0 Å². The molecule has 0 radical (unpaired) electrons. The van der Waals surface area contributed by atoms with Crippen molar-refractivity contribution in [1.82, 2.24) is 10.3 Å². The van der Waals surface area contributed by atoms with Crippen molar-refractivity contribution in [2.24, 2.45) is 0 Å². The molecule has 1 heterocycles. The van der Waals surface area contributed by atoms with E-state index in [2.05, 4.69) is 10.3 Å². The van der Waals surface area contributed by atoms with Crippen LogP contribution in [0.1, 0.15) is 29.6 Å². The van der Waals surface area contributed by atoms with E-state index in [9.17, 15) is 5.11 Å². The minimum atomic E-state index is -0.610. The molecule has 3 nitrogen and oxygen atoms in total. The summed E-state index contributed by atoms with van der Waals surface area (Å²) < 4.78 is 0. The Morgan fingerprint density at radius 1 is 1.44 bits per heavy atom. The molecule has 18 heavy (non-hydrogen) atoms. The van der Waals surface area contributed by atoms with Crippen LogP contribution in [0.5, 0.6) is 0 Å². The largest absolute Gasteiger partial charge is 0.387 e. The number of aliphatic hydroxyl groups excluding tert-OH is 1. The number of aliphatic hydroxyl groups is 1. The zero-order valence-corrected chi connectivity index (χ0v) is 11.6. The topological polar surface area (TPSA) is 45.1 Å². The normalized spacial score (nSPS) is 14.4. The minimum Gasteiger partial charge on any atom is -0.387 e. The molecule has 0 saturated heterocycles. The fourth-order valence-electron chi connectivity index (χ4n) is 1.68. The maximum Gasteiger partial charge on any atom is 0.109 e. The number of rotatable bonds is 5. The molecule has 2 rings (SSSR count). The van der Waals surface area contributed by atoms with Crippen LogP contribution in [0.3, 0.4) is 0 Å². The van der Waals surface area contributed by atoms with Gasteiger partial charge in [0.15, 0.2) is 0 Å². The molecule has 0 fully saturated rings. The van der Waals surface area contributed by atoms with E-state index in [1.807, 2.05) is 30.5 Å². The van der Waals surface area contributed by atoms with Crippen molar-refractivity contribution in [3.8, 4) is 0 Å². The van der Waals surface area contributed by atoms with Crippen LogP contribution in [0.2, 0.25) is 5.02 Å². The third-order valence-corrected chi connectivity index (χ3v) is 4.01. The van der Waals surface area contributed by atoms with E-state index < -0.39 is 6.10 Å². The lowest BCUT2D eigenvalue weighted by Crippen LogP contribution is -2.24. The Balaban J connectivity index is 1.93. The quantitative estimate of drug-likeness (QED) is 0.885. The highest BCUT2D eigenvalue weighted by atomic mass is 35.5. The van der Waals surface area contributed by atoms with Crippen molar-refractivity contribution in [1.29, 1.82) is 0 Å². The third kappa shape index (κ3) is 3.29. The van der Waals surface area contributed by atoms with Gasteiger partial charge in [-0.1, -0.05) is 29.8 Å². The molecule has 0 spiro atoms. The SMILES string of the molecule is CC(NCC(O)c1ccccc1Cl)c1nccs1. The fraction of sp³-hybridized carbons (Fsp3) is 0.308. The lowest BCUT2D eigenvalue weighted by molar-refractivity contribution is 0.171. The van der Waals surface area contributed by atoms with Gasteiger partial charge in [-0.25, -0.2) is 4.98 Å². The van der Waals surface area contributed by atoms with Crippen LogP contribution in [-0.2, 0) is 0 Å². The van der Waals surface area contributed by atoms with Crippen molar-refractivity contribution in [3.05, 3.63) is 51.4 Å². The summed E-state index contributed by atoms with van der Waals surface area (Å²) in [4.78, 5) is 4.23. The van der Waals surface area contributed by atoms with E-state index in [0.717, 1.165) is 10.6 Å². The first kappa shape index (κ1) is 13.5. The van der Waals surface area contributed by atoms with Gasteiger partial charge in [0, 0.05) is 28.7 Å². The smallest absolute Gasteiger partial charge is 0.109 e. The highest BCUT2D eigenvalue weighted by Crippen LogP contribution is 2.23. The molecule has 0 aliphatic carbocycles. The summed E-state index contributed by atoms with van der Waals surface area (Å²) in [5.41, 5.74) is 0.748. The van der Waals surface area contributed by atoms with Crippen LogP contribution in [0, 0.1) is 0 Å². The first-order valence-electron chi connectivity index (χ1n) is 5.73. The monoisotopic (exact) mass is 282 g/mol. The Morgan fingerprint density at radius 3 is 2.89 bits per heavy atom. The number of halogens is 1. The van der Waals surface area contributed by atoms with Crippen molar-refractivity contribution in [3.63, 3.8) is 0 Å². The molecule has 0 aliphatic heterocycles. The second-order valence-corrected chi connectivity index (χ2v) is 5.37. The maximum absolute atomic E-state index is 10.1. The number of nitrogens with one attached hydrogen (secondary N) is 1. The summed E-state index contributed by atoms with van der Waals surface area (Å²) in [7, 11) is 0. The molecular formula is C13H15ClN2OS. The Morgan fingerprint density at radius 2 is 2.22 bits per heavy atom. The summed E-state index contributed by atoms with van der Waals surface area (Å²) in [5, 5.41) is 16.9. The molecule has 2 atom stereocenters. The first-order valence-corrected chi connectivity index (χ1v) is 6.99. The zero-order valence-electron chi connectivity index (χ0n) is 10.0. The number of hydrogen-bond acceptors (Lipinski definition) is 4. The summed E-state index contributed by atoms with van der Waals surface area (Å²) in [6.07, 6.45) is 1.17. The Bertz CT molecular complexity index is 489. The van der Waals surface area contributed by atoms with E-state index in [1.165, 1.54) is 0 Å². The molecule has 0 amide bonds. The van der Waals surface area contributed by atoms with Gasteiger partial charge in [-0.05, 0) is 13.0 Å². The van der Waals surface area contributed by atoms with Crippen LogP contribution < -0.4 is 5.32 Å². The molecular weight excluding hydrogens is 268 g/mol. The first-order chi connectivity index (χ1) is 8.68. The molecule has 0 aliphatic rings. The van der Waals surface area contributed by atoms with Crippen molar-refractivity contribution in [2.45, 2.75) is 19.1 Å². The van der Waals surface area contributed by atoms with E-state index in [1.54, 1.807) is 23.6 Å². The van der Waals surface area contributed by atoms with Crippen LogP contribution in [0.25, 0.3) is 0 Å². The van der Waals surface area contributed by atoms with Gasteiger partial charge >= 0.3 is 0 Å². The highest BCUT2D eigenvalue weighted by molar-refractivity contribution is 7.09. The number of hydrogen-bond donors (Lipinski definition) is 2. The third-order valence-electron chi connectivity index (χ3n) is 2.70. The van der Waals surface area contributed by atoms with Gasteiger partial charge in [0.05, 0.1) is 12.1 Å². The molecule has 96 valence electrons. The van der Waals surface area contributed by atoms with Gasteiger partial charge < -0.3 is 10.4 Å². The predicted molar refractivity (Wildman–Crippen MR) is 74.9 cm³/mol. The molecule has 2 N–H and O–H groups in total. The number of nitrogens with zero attached hydrogens (tertiary/aromatic N) is 1. The van der Waals surface area contributed by atoms with Crippen LogP contribution in [-0.4, -0.2) is 16.6 Å². The Labute approximate surface area is 115 Å². The fourth-order valence-corrected chi connectivity index (χ4v) is 2.61. The van der Waals surface area contributed by atoms with Crippen molar-refractivity contribution < 1.29 is 5.11 Å². The number of aromatic nitrogens is 1. The van der Waals surface area contributed by atoms with Crippen LogP contribution in [0.4, 0.5) is 0 Å². The van der Waals surface area contributed by atoms with Crippen LogP contribution >= 0.6 is 22.9 Å².